The number of carbonyl (C=O) groups excluding carboxylic acids is 1. The molecule has 2 amide bonds. The van der Waals surface area contributed by atoms with Gasteiger partial charge in [0.1, 0.15) is 0 Å². The van der Waals surface area contributed by atoms with Gasteiger partial charge in [0, 0.05) is 26.0 Å². The lowest BCUT2D eigenvalue weighted by atomic mass is 9.89. The van der Waals surface area contributed by atoms with Gasteiger partial charge in [-0.1, -0.05) is 38.7 Å². The van der Waals surface area contributed by atoms with Crippen LogP contribution in [0.5, 0.6) is 0 Å². The van der Waals surface area contributed by atoms with Crippen molar-refractivity contribution < 1.29 is 9.53 Å². The highest BCUT2D eigenvalue weighted by molar-refractivity contribution is 5.74. The summed E-state index contributed by atoms with van der Waals surface area (Å²) in [5.74, 6) is 0.649. The summed E-state index contributed by atoms with van der Waals surface area (Å²) in [6, 6.07) is -0.120. The fourth-order valence-corrected chi connectivity index (χ4v) is 2.36. The predicted octanol–water partition coefficient (Wildman–Crippen LogP) is 3.59. The van der Waals surface area contributed by atoms with E-state index in [1.54, 1.807) is 6.20 Å². The molecule has 2 N–H and O–H groups in total. The normalized spacial score (nSPS) is 16.4. The fraction of sp³-hybridized carbons (Fsp3) is 0.812. The lowest BCUT2D eigenvalue weighted by Gasteiger charge is -2.17. The first-order valence-electron chi connectivity index (χ1n) is 8.11. The van der Waals surface area contributed by atoms with Crippen molar-refractivity contribution >= 4 is 6.03 Å². The number of hydrogen-bond donors (Lipinski definition) is 2. The Balaban J connectivity index is 1.93. The Morgan fingerprint density at radius 1 is 1.20 bits per heavy atom. The average Bonchev–Trinajstić information content (AvgIpc) is 2.47. The lowest BCUT2D eigenvalue weighted by molar-refractivity contribution is 0.129. The molecule has 0 aromatic rings. The van der Waals surface area contributed by atoms with E-state index in [0.29, 0.717) is 12.5 Å². The summed E-state index contributed by atoms with van der Waals surface area (Å²) in [6.45, 7) is 4.36. The second kappa shape index (κ2) is 11.8. The molecule has 1 aliphatic carbocycles. The van der Waals surface area contributed by atoms with Gasteiger partial charge in [-0.15, -0.1) is 0 Å². The van der Waals surface area contributed by atoms with Crippen LogP contribution in [0, 0.1) is 5.92 Å². The highest BCUT2D eigenvalue weighted by Gasteiger charge is 2.09. The first-order valence-corrected chi connectivity index (χ1v) is 8.11. The van der Waals surface area contributed by atoms with Crippen LogP contribution >= 0.6 is 0 Å². The molecular formula is C16H30N2O2. The molecule has 0 bridgehead atoms. The number of allylic oxidation sites excluding steroid dienone is 1. The van der Waals surface area contributed by atoms with Crippen LogP contribution in [0.1, 0.15) is 58.3 Å². The second-order valence-electron chi connectivity index (χ2n) is 5.48. The van der Waals surface area contributed by atoms with Crippen molar-refractivity contribution in [3.05, 3.63) is 12.3 Å². The summed E-state index contributed by atoms with van der Waals surface area (Å²) in [4.78, 5) is 11.5. The van der Waals surface area contributed by atoms with Gasteiger partial charge in [-0.3, -0.25) is 0 Å². The SMILES string of the molecule is CCCCOCCCNC(=O)N/C=C/C1CCCCC1. The van der Waals surface area contributed by atoms with Gasteiger partial charge < -0.3 is 15.4 Å². The van der Waals surface area contributed by atoms with Crippen LogP contribution in [0.2, 0.25) is 0 Å². The van der Waals surface area contributed by atoms with Crippen molar-refractivity contribution in [2.24, 2.45) is 5.92 Å². The van der Waals surface area contributed by atoms with Crippen LogP contribution < -0.4 is 10.6 Å². The third-order valence-electron chi connectivity index (χ3n) is 3.63. The molecule has 0 aromatic carbocycles. The monoisotopic (exact) mass is 282 g/mol. The summed E-state index contributed by atoms with van der Waals surface area (Å²) in [6.07, 6.45) is 13.6. The lowest BCUT2D eigenvalue weighted by Crippen LogP contribution is -2.33. The maximum atomic E-state index is 11.5. The van der Waals surface area contributed by atoms with Gasteiger partial charge in [-0.05, 0) is 31.6 Å². The molecule has 0 aliphatic heterocycles. The van der Waals surface area contributed by atoms with E-state index in [0.717, 1.165) is 32.5 Å². The summed E-state index contributed by atoms with van der Waals surface area (Å²) in [5, 5.41) is 5.60. The minimum Gasteiger partial charge on any atom is -0.381 e. The third kappa shape index (κ3) is 8.97. The molecule has 1 saturated carbocycles. The van der Waals surface area contributed by atoms with E-state index in [1.807, 2.05) is 0 Å². The van der Waals surface area contributed by atoms with E-state index in [-0.39, 0.29) is 6.03 Å². The third-order valence-corrected chi connectivity index (χ3v) is 3.63. The van der Waals surface area contributed by atoms with E-state index in [1.165, 1.54) is 32.1 Å². The molecule has 0 radical (unpaired) electrons. The van der Waals surface area contributed by atoms with E-state index in [2.05, 4.69) is 23.6 Å². The van der Waals surface area contributed by atoms with Crippen LogP contribution in [0.15, 0.2) is 12.3 Å². The van der Waals surface area contributed by atoms with E-state index < -0.39 is 0 Å². The van der Waals surface area contributed by atoms with E-state index in [4.69, 9.17) is 4.74 Å². The zero-order valence-corrected chi connectivity index (χ0v) is 12.8. The summed E-state index contributed by atoms with van der Waals surface area (Å²) in [7, 11) is 0. The van der Waals surface area contributed by atoms with Crippen molar-refractivity contribution in [3.8, 4) is 0 Å². The molecule has 20 heavy (non-hydrogen) atoms. The number of unbranched alkanes of at least 4 members (excludes halogenated alkanes) is 1. The van der Waals surface area contributed by atoms with Crippen molar-refractivity contribution in [2.75, 3.05) is 19.8 Å². The van der Waals surface area contributed by atoms with Crippen LogP contribution in [-0.4, -0.2) is 25.8 Å². The Labute approximate surface area is 123 Å². The minimum atomic E-state index is -0.120. The number of ether oxygens (including phenoxy) is 1. The second-order valence-corrected chi connectivity index (χ2v) is 5.48. The maximum Gasteiger partial charge on any atom is 0.318 e. The molecule has 1 aliphatic rings. The first-order chi connectivity index (χ1) is 9.83. The van der Waals surface area contributed by atoms with Crippen LogP contribution in [0.4, 0.5) is 4.79 Å². The number of amides is 2. The van der Waals surface area contributed by atoms with Crippen molar-refractivity contribution in [2.45, 2.75) is 58.3 Å². The molecule has 0 aromatic heterocycles. The molecule has 0 unspecified atom stereocenters. The molecule has 1 fully saturated rings. The Hall–Kier alpha value is -1.03. The molecule has 4 heteroatoms. The molecule has 116 valence electrons. The topological polar surface area (TPSA) is 50.4 Å². The summed E-state index contributed by atoms with van der Waals surface area (Å²) < 4.78 is 5.43. The van der Waals surface area contributed by atoms with Crippen LogP contribution in [-0.2, 0) is 4.74 Å². The fourth-order valence-electron chi connectivity index (χ4n) is 2.36. The largest absolute Gasteiger partial charge is 0.381 e. The average molecular weight is 282 g/mol. The Kier molecular flexibility index (Phi) is 10.0. The number of carbonyl (C=O) groups is 1. The highest BCUT2D eigenvalue weighted by atomic mass is 16.5. The first kappa shape index (κ1) is 17.0. The highest BCUT2D eigenvalue weighted by Crippen LogP contribution is 2.24. The Morgan fingerprint density at radius 3 is 2.70 bits per heavy atom. The standard InChI is InChI=1S/C16H30N2O2/c1-2-3-13-20-14-7-11-17-16(19)18-12-10-15-8-5-4-6-9-15/h10,12,15H,2-9,11,13-14H2,1H3,(H2,17,18,19)/b12-10+. The molecule has 0 saturated heterocycles. The Bertz CT molecular complexity index is 274. The molecule has 1 rings (SSSR count). The quantitative estimate of drug-likeness (QED) is 0.635. The smallest absolute Gasteiger partial charge is 0.318 e. The molecule has 4 nitrogen and oxygen atoms in total. The van der Waals surface area contributed by atoms with Crippen LogP contribution in [0.3, 0.4) is 0 Å². The van der Waals surface area contributed by atoms with Crippen molar-refractivity contribution in [3.63, 3.8) is 0 Å². The molecular weight excluding hydrogens is 252 g/mol. The van der Waals surface area contributed by atoms with Crippen molar-refractivity contribution in [1.82, 2.24) is 10.6 Å². The van der Waals surface area contributed by atoms with Gasteiger partial charge in [0.15, 0.2) is 0 Å². The zero-order chi connectivity index (χ0) is 14.5. The van der Waals surface area contributed by atoms with Gasteiger partial charge in [0.05, 0.1) is 0 Å². The number of urea groups is 1. The van der Waals surface area contributed by atoms with E-state index in [9.17, 15) is 4.79 Å². The van der Waals surface area contributed by atoms with Crippen LogP contribution in [0.25, 0.3) is 0 Å². The molecule has 0 atom stereocenters. The van der Waals surface area contributed by atoms with Gasteiger partial charge >= 0.3 is 6.03 Å². The molecule has 0 heterocycles. The van der Waals surface area contributed by atoms with E-state index >= 15 is 0 Å². The zero-order valence-electron chi connectivity index (χ0n) is 12.8. The summed E-state index contributed by atoms with van der Waals surface area (Å²) in [5.41, 5.74) is 0. The summed E-state index contributed by atoms with van der Waals surface area (Å²) >= 11 is 0. The minimum absolute atomic E-state index is 0.120. The number of rotatable bonds is 9. The van der Waals surface area contributed by atoms with Gasteiger partial charge in [0.2, 0.25) is 0 Å². The van der Waals surface area contributed by atoms with Gasteiger partial charge in [-0.2, -0.15) is 0 Å². The Morgan fingerprint density at radius 2 is 1.95 bits per heavy atom. The number of hydrogen-bond acceptors (Lipinski definition) is 2. The molecule has 0 spiro atoms. The van der Waals surface area contributed by atoms with Crippen molar-refractivity contribution in [1.29, 1.82) is 0 Å². The predicted molar refractivity (Wildman–Crippen MR) is 82.6 cm³/mol. The number of nitrogens with one attached hydrogen (secondary N) is 2. The maximum absolute atomic E-state index is 11.5. The van der Waals surface area contributed by atoms with Gasteiger partial charge in [0.25, 0.3) is 0 Å². The van der Waals surface area contributed by atoms with Gasteiger partial charge in [-0.25, -0.2) is 4.79 Å².